The number of thiazole rings is 1. The number of benzene rings is 2. The number of aromatic nitrogens is 1. The van der Waals surface area contributed by atoms with Crippen molar-refractivity contribution in [2.24, 2.45) is 4.99 Å². The molecule has 0 bridgehead atoms. The molecule has 0 unspecified atom stereocenters. The Morgan fingerprint density at radius 2 is 1.86 bits per heavy atom. The highest BCUT2D eigenvalue weighted by Crippen LogP contribution is 2.33. The maximum atomic E-state index is 14.0. The molecule has 0 saturated heterocycles. The summed E-state index contributed by atoms with van der Waals surface area (Å²) in [7, 11) is 0. The van der Waals surface area contributed by atoms with Crippen LogP contribution >= 0.6 is 11.3 Å². The summed E-state index contributed by atoms with van der Waals surface area (Å²) in [6.45, 7) is 9.96. The number of rotatable bonds is 9. The molecule has 2 aromatic heterocycles. The molecule has 222 valence electrons. The number of hydrogen-bond donors (Lipinski definition) is 1. The number of esters is 1. The SMILES string of the molecule is CCCC1=C(C(=O)OCC)[C@@H](c2ccc(C(C)C)cc2)n2c(s/c(=C\c3ccc(-c4cccc(C(=O)O)c4C)o3)c2=O)=N1. The van der Waals surface area contributed by atoms with E-state index in [-0.39, 0.29) is 17.7 Å². The molecule has 5 rings (SSSR count). The number of carbonyl (C=O) groups is 2. The highest BCUT2D eigenvalue weighted by Gasteiger charge is 2.34. The molecule has 3 heterocycles. The second-order valence-corrected chi connectivity index (χ2v) is 11.7. The second kappa shape index (κ2) is 12.4. The molecule has 2 aromatic carbocycles. The number of ether oxygens (including phenoxy) is 1. The van der Waals surface area contributed by atoms with Crippen LogP contribution in [0, 0.1) is 6.92 Å². The number of allylic oxidation sites excluding steroid dienone is 1. The van der Waals surface area contributed by atoms with Gasteiger partial charge in [0.05, 0.1) is 34.0 Å². The number of hydrogen-bond acceptors (Lipinski definition) is 7. The first kappa shape index (κ1) is 30.0. The van der Waals surface area contributed by atoms with E-state index >= 15 is 0 Å². The van der Waals surface area contributed by atoms with Crippen LogP contribution in [-0.4, -0.2) is 28.2 Å². The maximum Gasteiger partial charge on any atom is 0.338 e. The zero-order valence-electron chi connectivity index (χ0n) is 24.8. The van der Waals surface area contributed by atoms with Crippen molar-refractivity contribution in [1.82, 2.24) is 4.57 Å². The van der Waals surface area contributed by atoms with Gasteiger partial charge in [-0.05, 0) is 61.1 Å². The fraction of sp³-hybridized carbons (Fsp3) is 0.294. The second-order valence-electron chi connectivity index (χ2n) is 10.7. The van der Waals surface area contributed by atoms with Crippen LogP contribution in [0.25, 0.3) is 17.4 Å². The van der Waals surface area contributed by atoms with Crippen LogP contribution < -0.4 is 14.9 Å². The van der Waals surface area contributed by atoms with Crippen molar-refractivity contribution in [3.63, 3.8) is 0 Å². The molecule has 0 aliphatic carbocycles. The quantitative estimate of drug-likeness (QED) is 0.238. The summed E-state index contributed by atoms with van der Waals surface area (Å²) in [5.74, 6) is -0.212. The van der Waals surface area contributed by atoms with Gasteiger partial charge in [-0.2, -0.15) is 0 Å². The Labute approximate surface area is 253 Å². The lowest BCUT2D eigenvalue weighted by Crippen LogP contribution is -2.40. The fourth-order valence-corrected chi connectivity index (χ4v) is 6.34. The third kappa shape index (κ3) is 5.77. The van der Waals surface area contributed by atoms with E-state index in [0.29, 0.717) is 55.6 Å². The Morgan fingerprint density at radius 1 is 1.12 bits per heavy atom. The minimum absolute atomic E-state index is 0.200. The normalized spacial score (nSPS) is 15.0. The zero-order chi connectivity index (χ0) is 30.8. The van der Waals surface area contributed by atoms with Crippen LogP contribution in [0.2, 0.25) is 0 Å². The monoisotopic (exact) mass is 598 g/mol. The van der Waals surface area contributed by atoms with Crippen molar-refractivity contribution in [3.05, 3.63) is 114 Å². The Bertz CT molecular complexity index is 1910. The number of fused-ring (bicyclic) bond motifs is 1. The molecule has 1 aliphatic heterocycles. The van der Waals surface area contributed by atoms with Crippen molar-refractivity contribution in [1.29, 1.82) is 0 Å². The van der Waals surface area contributed by atoms with Gasteiger partial charge in [0.1, 0.15) is 11.5 Å². The summed E-state index contributed by atoms with van der Waals surface area (Å²) in [5, 5.41) is 9.51. The molecule has 9 heteroatoms. The Hall–Kier alpha value is -4.50. The predicted octanol–water partition coefficient (Wildman–Crippen LogP) is 5.97. The third-order valence-corrected chi connectivity index (χ3v) is 8.52. The van der Waals surface area contributed by atoms with Gasteiger partial charge in [-0.3, -0.25) is 9.36 Å². The number of carboxylic acid groups (broad SMARTS) is 1. The molecule has 8 nitrogen and oxygen atoms in total. The smallest absolute Gasteiger partial charge is 0.338 e. The van der Waals surface area contributed by atoms with Gasteiger partial charge in [0.25, 0.3) is 5.56 Å². The average molecular weight is 599 g/mol. The molecular weight excluding hydrogens is 564 g/mol. The van der Waals surface area contributed by atoms with Crippen LogP contribution in [0.5, 0.6) is 0 Å². The number of furan rings is 1. The zero-order valence-corrected chi connectivity index (χ0v) is 25.7. The first-order valence-electron chi connectivity index (χ1n) is 14.4. The molecule has 0 spiro atoms. The van der Waals surface area contributed by atoms with Crippen LogP contribution in [0.1, 0.15) is 85.3 Å². The Balaban J connectivity index is 1.66. The summed E-state index contributed by atoms with van der Waals surface area (Å²) in [6.07, 6.45) is 3.00. The van der Waals surface area contributed by atoms with Crippen LogP contribution in [-0.2, 0) is 9.53 Å². The van der Waals surface area contributed by atoms with E-state index in [1.54, 1.807) is 54.8 Å². The number of aromatic carboxylic acids is 1. The van der Waals surface area contributed by atoms with E-state index in [9.17, 15) is 19.5 Å². The van der Waals surface area contributed by atoms with Gasteiger partial charge in [-0.1, -0.05) is 74.9 Å². The summed E-state index contributed by atoms with van der Waals surface area (Å²) in [4.78, 5) is 44.3. The number of carboxylic acids is 1. The summed E-state index contributed by atoms with van der Waals surface area (Å²) in [5.41, 5.74) is 4.13. The molecular formula is C34H34N2O6S. The van der Waals surface area contributed by atoms with Crippen LogP contribution in [0.4, 0.5) is 0 Å². The first-order valence-corrected chi connectivity index (χ1v) is 15.2. The molecule has 0 saturated carbocycles. The van der Waals surface area contributed by atoms with Gasteiger partial charge in [0, 0.05) is 11.6 Å². The van der Waals surface area contributed by atoms with E-state index < -0.39 is 18.0 Å². The summed E-state index contributed by atoms with van der Waals surface area (Å²) < 4.78 is 13.5. The average Bonchev–Trinajstić information content (AvgIpc) is 3.56. The number of carbonyl (C=O) groups excluding carboxylic acids is 1. The van der Waals surface area contributed by atoms with Crippen molar-refractivity contribution >= 4 is 29.4 Å². The lowest BCUT2D eigenvalue weighted by Gasteiger charge is -2.26. The molecule has 1 atom stereocenters. The minimum Gasteiger partial charge on any atom is -0.478 e. The van der Waals surface area contributed by atoms with Crippen molar-refractivity contribution in [2.75, 3.05) is 6.61 Å². The van der Waals surface area contributed by atoms with Gasteiger partial charge in [-0.25, -0.2) is 14.6 Å². The van der Waals surface area contributed by atoms with Crippen LogP contribution in [0.3, 0.4) is 0 Å². The largest absolute Gasteiger partial charge is 0.478 e. The predicted molar refractivity (Wildman–Crippen MR) is 166 cm³/mol. The van der Waals surface area contributed by atoms with Gasteiger partial charge in [0.2, 0.25) is 0 Å². The standard InChI is InChI=1S/C34H34N2O6S/c1-6-9-26-29(33(40)41-7-2)30(22-14-12-21(13-15-22)19(3)4)36-31(37)28(43-34(36)35-26)18-23-16-17-27(42-23)24-10-8-11-25(20(24)5)32(38)39/h8,10-19,30H,6-7,9H2,1-5H3,(H,38,39)/b28-18-/t30-/m1/s1. The Morgan fingerprint density at radius 3 is 2.51 bits per heavy atom. The molecule has 0 amide bonds. The topological polar surface area (TPSA) is 111 Å². The van der Waals surface area contributed by atoms with Crippen molar-refractivity contribution < 1.29 is 23.8 Å². The lowest BCUT2D eigenvalue weighted by atomic mass is 9.92. The lowest BCUT2D eigenvalue weighted by molar-refractivity contribution is -0.139. The highest BCUT2D eigenvalue weighted by atomic mass is 32.1. The molecule has 0 radical (unpaired) electrons. The Kier molecular flexibility index (Phi) is 8.64. The van der Waals surface area contributed by atoms with E-state index in [1.807, 2.05) is 31.2 Å². The van der Waals surface area contributed by atoms with Gasteiger partial charge < -0.3 is 14.3 Å². The van der Waals surface area contributed by atoms with E-state index in [2.05, 4.69) is 13.8 Å². The van der Waals surface area contributed by atoms with E-state index in [0.717, 1.165) is 17.5 Å². The first-order chi connectivity index (χ1) is 20.6. The minimum atomic E-state index is -1.01. The summed E-state index contributed by atoms with van der Waals surface area (Å²) in [6, 6.07) is 15.8. The summed E-state index contributed by atoms with van der Waals surface area (Å²) >= 11 is 1.24. The third-order valence-electron chi connectivity index (χ3n) is 7.54. The van der Waals surface area contributed by atoms with Gasteiger partial charge in [0.15, 0.2) is 4.80 Å². The molecule has 4 aromatic rings. The maximum absolute atomic E-state index is 14.0. The molecule has 1 N–H and O–H groups in total. The van der Waals surface area contributed by atoms with Crippen molar-refractivity contribution in [2.45, 2.75) is 59.4 Å². The van der Waals surface area contributed by atoms with Crippen LogP contribution in [0.15, 0.2) is 80.1 Å². The van der Waals surface area contributed by atoms with Crippen molar-refractivity contribution in [3.8, 4) is 11.3 Å². The van der Waals surface area contributed by atoms with Gasteiger partial charge in [-0.15, -0.1) is 0 Å². The van der Waals surface area contributed by atoms with Gasteiger partial charge >= 0.3 is 11.9 Å². The fourth-order valence-electron chi connectivity index (χ4n) is 5.34. The molecule has 0 fully saturated rings. The molecule has 43 heavy (non-hydrogen) atoms. The van der Waals surface area contributed by atoms with E-state index in [1.165, 1.54) is 11.3 Å². The number of nitrogens with zero attached hydrogens (tertiary/aromatic N) is 2. The highest BCUT2D eigenvalue weighted by molar-refractivity contribution is 7.07. The molecule has 1 aliphatic rings. The van der Waals surface area contributed by atoms with E-state index in [4.69, 9.17) is 14.1 Å².